The number of hydrogen-bond donors (Lipinski definition) is 0. The molecule has 0 spiro atoms. The molecule has 4 rings (SSSR count). The first-order chi connectivity index (χ1) is 17.5. The number of nitriles is 1. The predicted octanol–water partition coefficient (Wildman–Crippen LogP) is 4.84. The fourth-order valence-corrected chi connectivity index (χ4v) is 4.74. The minimum atomic E-state index is -0.839. The van der Waals surface area contributed by atoms with Crippen molar-refractivity contribution in [2.75, 3.05) is 0 Å². The second kappa shape index (κ2) is 10.0. The molecule has 10 heteroatoms. The molecular weight excluding hydrogens is 514 g/mol. The van der Waals surface area contributed by atoms with E-state index in [1.807, 2.05) is 6.07 Å². The fourth-order valence-electron chi connectivity index (χ4n) is 3.53. The van der Waals surface area contributed by atoms with Gasteiger partial charge in [0.2, 0.25) is 0 Å². The van der Waals surface area contributed by atoms with Crippen LogP contribution in [0, 0.1) is 26.9 Å². The zero-order chi connectivity index (χ0) is 26.9. The topological polar surface area (TPSA) is 119 Å². The summed E-state index contributed by atoms with van der Waals surface area (Å²) in [5.74, 6) is 0.323. The lowest BCUT2D eigenvalue weighted by molar-refractivity contribution is -0.384. The van der Waals surface area contributed by atoms with Crippen molar-refractivity contribution < 1.29 is 14.1 Å². The molecule has 2 aromatic heterocycles. The Labute approximate surface area is 220 Å². The van der Waals surface area contributed by atoms with Crippen LogP contribution in [-0.2, 0) is 4.79 Å². The van der Waals surface area contributed by atoms with E-state index in [0.717, 1.165) is 11.3 Å². The minimum absolute atomic E-state index is 0.0729. The monoisotopic (exact) mass is 533 g/mol. The Morgan fingerprint density at radius 3 is 2.49 bits per heavy atom. The molecular formula is C27H20ClN3O5S. The summed E-state index contributed by atoms with van der Waals surface area (Å²) in [6.07, 6.45) is 1.51. The SMILES string of the molecule is CC(C)(C)C(=O)/C(C#N)=c1\s/c(=C\c2ccc(-c3cccc([N+](=O)[O-])c3)o2)c(=O)n1-c1ccc(Cl)cc1. The van der Waals surface area contributed by atoms with Crippen LogP contribution in [0.5, 0.6) is 0 Å². The van der Waals surface area contributed by atoms with E-state index in [4.69, 9.17) is 16.0 Å². The number of nitro groups is 1. The number of carbonyl (C=O) groups is 1. The largest absolute Gasteiger partial charge is 0.457 e. The first kappa shape index (κ1) is 25.8. The average Bonchev–Trinajstić information content (AvgIpc) is 3.45. The predicted molar refractivity (Wildman–Crippen MR) is 142 cm³/mol. The van der Waals surface area contributed by atoms with E-state index in [1.165, 1.54) is 22.8 Å². The van der Waals surface area contributed by atoms with Crippen molar-refractivity contribution in [3.8, 4) is 23.1 Å². The number of rotatable bonds is 5. The number of nitrogens with zero attached hydrogens (tertiary/aromatic N) is 3. The van der Waals surface area contributed by atoms with Crippen LogP contribution in [0.2, 0.25) is 5.02 Å². The molecule has 0 atom stereocenters. The molecule has 4 aromatic rings. The standard InChI is InChI=1S/C27H20ClN3O5S/c1-27(2,3)24(32)21(15-29)26-30(18-9-7-17(28)8-10-18)25(33)23(37-26)14-20-11-12-22(36-20)16-5-4-6-19(13-16)31(34)35/h4-14H,1-3H3/b23-14-,26-21-. The molecule has 0 saturated heterocycles. The number of halogens is 1. The number of ketones is 1. The van der Waals surface area contributed by atoms with Gasteiger partial charge in [0.1, 0.15) is 27.8 Å². The molecule has 0 aliphatic carbocycles. The lowest BCUT2D eigenvalue weighted by Gasteiger charge is -2.15. The molecule has 2 aromatic carbocycles. The van der Waals surface area contributed by atoms with Crippen molar-refractivity contribution in [1.29, 1.82) is 5.26 Å². The summed E-state index contributed by atoms with van der Waals surface area (Å²) in [4.78, 5) is 37.2. The van der Waals surface area contributed by atoms with Gasteiger partial charge in [-0.2, -0.15) is 5.26 Å². The minimum Gasteiger partial charge on any atom is -0.457 e. The Morgan fingerprint density at radius 1 is 1.16 bits per heavy atom. The van der Waals surface area contributed by atoms with Crippen LogP contribution in [0.25, 0.3) is 28.7 Å². The van der Waals surface area contributed by atoms with Crippen LogP contribution in [0.3, 0.4) is 0 Å². The van der Waals surface area contributed by atoms with Crippen LogP contribution in [0.4, 0.5) is 5.69 Å². The molecule has 0 saturated carbocycles. The van der Waals surface area contributed by atoms with Crippen molar-refractivity contribution in [3.05, 3.63) is 101 Å². The van der Waals surface area contributed by atoms with E-state index in [9.17, 15) is 25.0 Å². The highest BCUT2D eigenvalue weighted by molar-refractivity contribution is 7.07. The van der Waals surface area contributed by atoms with Gasteiger partial charge in [-0.05, 0) is 36.4 Å². The van der Waals surface area contributed by atoms with Gasteiger partial charge in [0.05, 0.1) is 15.1 Å². The summed E-state index contributed by atoms with van der Waals surface area (Å²) in [6.45, 7) is 5.11. The molecule has 0 unspecified atom stereocenters. The van der Waals surface area contributed by atoms with Crippen molar-refractivity contribution in [1.82, 2.24) is 4.57 Å². The number of non-ortho nitro benzene ring substituents is 1. The number of hydrogen-bond acceptors (Lipinski definition) is 7. The highest BCUT2D eigenvalue weighted by Gasteiger charge is 2.27. The zero-order valence-corrected chi connectivity index (χ0v) is 21.6. The third kappa shape index (κ3) is 5.31. The molecule has 186 valence electrons. The maximum Gasteiger partial charge on any atom is 0.273 e. The smallest absolute Gasteiger partial charge is 0.273 e. The number of Topliss-reactive ketones (excluding diaryl/α,β-unsaturated/α-hetero) is 1. The summed E-state index contributed by atoms with van der Waals surface area (Å²) < 4.78 is 7.60. The Morgan fingerprint density at radius 2 is 1.86 bits per heavy atom. The van der Waals surface area contributed by atoms with Crippen molar-refractivity contribution in [3.63, 3.8) is 0 Å². The van der Waals surface area contributed by atoms with Gasteiger partial charge in [0.15, 0.2) is 5.78 Å². The van der Waals surface area contributed by atoms with Gasteiger partial charge in [-0.15, -0.1) is 11.3 Å². The molecule has 37 heavy (non-hydrogen) atoms. The quantitative estimate of drug-likeness (QED) is 0.267. The summed E-state index contributed by atoms with van der Waals surface area (Å²) in [5.41, 5.74) is -0.516. The second-order valence-corrected chi connectivity index (χ2v) is 10.6. The first-order valence-corrected chi connectivity index (χ1v) is 12.2. The molecule has 0 aliphatic heterocycles. The Hall–Kier alpha value is -4.26. The van der Waals surface area contributed by atoms with Gasteiger partial charge in [-0.25, -0.2) is 0 Å². The Balaban J connectivity index is 1.93. The molecule has 0 radical (unpaired) electrons. The maximum absolute atomic E-state index is 13.5. The van der Waals surface area contributed by atoms with E-state index >= 15 is 0 Å². The van der Waals surface area contributed by atoms with E-state index < -0.39 is 21.7 Å². The summed E-state index contributed by atoms with van der Waals surface area (Å²) in [5, 5.41) is 21.5. The normalized spacial score (nSPS) is 12.8. The van der Waals surface area contributed by atoms with Crippen LogP contribution >= 0.6 is 22.9 Å². The second-order valence-electron chi connectivity index (χ2n) is 9.11. The number of furan rings is 1. The lowest BCUT2D eigenvalue weighted by Crippen LogP contribution is -2.33. The van der Waals surface area contributed by atoms with Crippen LogP contribution in [0.1, 0.15) is 26.5 Å². The molecule has 0 amide bonds. The van der Waals surface area contributed by atoms with Crippen molar-refractivity contribution in [2.24, 2.45) is 5.41 Å². The summed E-state index contributed by atoms with van der Waals surface area (Å²) in [6, 6.07) is 17.8. The van der Waals surface area contributed by atoms with Crippen LogP contribution in [0.15, 0.2) is 69.9 Å². The lowest BCUT2D eigenvalue weighted by atomic mass is 9.87. The van der Waals surface area contributed by atoms with E-state index in [0.29, 0.717) is 27.8 Å². The number of nitro benzene ring substituents is 1. The van der Waals surface area contributed by atoms with Crippen LogP contribution < -0.4 is 14.8 Å². The van der Waals surface area contributed by atoms with E-state index in [2.05, 4.69) is 0 Å². The molecule has 0 bridgehead atoms. The van der Waals surface area contributed by atoms with E-state index in [1.54, 1.807) is 69.3 Å². The Kier molecular flexibility index (Phi) is 6.99. The van der Waals surface area contributed by atoms with Crippen LogP contribution in [-0.4, -0.2) is 15.3 Å². The molecule has 0 fully saturated rings. The average molecular weight is 534 g/mol. The maximum atomic E-state index is 13.5. The van der Waals surface area contributed by atoms with Gasteiger partial charge in [0, 0.05) is 34.2 Å². The fraction of sp³-hybridized carbons (Fsp3) is 0.148. The summed E-state index contributed by atoms with van der Waals surface area (Å²) in [7, 11) is 0. The molecule has 8 nitrogen and oxygen atoms in total. The highest BCUT2D eigenvalue weighted by atomic mass is 35.5. The third-order valence-electron chi connectivity index (χ3n) is 5.38. The zero-order valence-electron chi connectivity index (χ0n) is 20.0. The number of carbonyl (C=O) groups excluding carboxylic acids is 1. The molecule has 0 aliphatic rings. The van der Waals surface area contributed by atoms with E-state index in [-0.39, 0.29) is 20.5 Å². The number of thiazole rings is 1. The third-order valence-corrected chi connectivity index (χ3v) is 6.73. The van der Waals surface area contributed by atoms with Crippen molar-refractivity contribution in [2.45, 2.75) is 20.8 Å². The van der Waals surface area contributed by atoms with Crippen molar-refractivity contribution >= 4 is 46.1 Å². The molecule has 2 heterocycles. The van der Waals surface area contributed by atoms with Gasteiger partial charge < -0.3 is 4.42 Å². The Bertz CT molecular complexity index is 1750. The van der Waals surface area contributed by atoms with Gasteiger partial charge >= 0.3 is 0 Å². The van der Waals surface area contributed by atoms with Gasteiger partial charge in [-0.3, -0.25) is 24.3 Å². The first-order valence-electron chi connectivity index (χ1n) is 11.0. The highest BCUT2D eigenvalue weighted by Crippen LogP contribution is 2.26. The number of benzene rings is 2. The summed E-state index contributed by atoms with van der Waals surface area (Å²) >= 11 is 7.02. The molecule has 0 N–H and O–H groups in total. The van der Waals surface area contributed by atoms with Gasteiger partial charge in [-0.1, -0.05) is 44.5 Å². The van der Waals surface area contributed by atoms with Gasteiger partial charge in [0.25, 0.3) is 11.2 Å². The number of aromatic nitrogens is 1.